The molecule has 2 rings (SSSR count). The largest absolute Gasteiger partial charge is 0.493 e. The average molecular weight is 295 g/mol. The third-order valence-electron chi connectivity index (χ3n) is 3.99. The molecule has 0 N–H and O–H groups in total. The van der Waals surface area contributed by atoms with Crippen LogP contribution in [0, 0.1) is 0 Å². The number of methoxy groups -OCH3 is 2. The van der Waals surface area contributed by atoms with E-state index in [1.54, 1.807) is 14.2 Å². The van der Waals surface area contributed by atoms with Gasteiger partial charge in [-0.25, -0.2) is 0 Å². The SMILES string of the molecule is COc1cccc(C2CCCCN2CCO[SiH3])c1OC. The summed E-state index contributed by atoms with van der Waals surface area (Å²) in [7, 11) is 4.22. The molecule has 1 aromatic rings. The monoisotopic (exact) mass is 295 g/mol. The van der Waals surface area contributed by atoms with E-state index in [0.717, 1.165) is 41.7 Å². The van der Waals surface area contributed by atoms with Gasteiger partial charge in [0.2, 0.25) is 0 Å². The number of hydrogen-bond donors (Lipinski definition) is 0. The molecule has 1 aliphatic heterocycles. The van der Waals surface area contributed by atoms with Crippen molar-refractivity contribution < 1.29 is 13.9 Å². The first-order valence-electron chi connectivity index (χ1n) is 7.25. The first-order valence-corrected chi connectivity index (χ1v) is 8.07. The summed E-state index contributed by atoms with van der Waals surface area (Å²) < 4.78 is 16.4. The maximum atomic E-state index is 5.60. The number of rotatable bonds is 6. The standard InChI is InChI=1S/C15H25NO3Si/c1-17-14-8-5-6-12(15(14)18-2)13-7-3-4-9-16(13)10-11-19-20/h5-6,8,13H,3-4,7,9-11H2,1-2,20H3. The molecule has 0 saturated carbocycles. The molecule has 0 aromatic heterocycles. The van der Waals surface area contributed by atoms with Crippen molar-refractivity contribution in [1.29, 1.82) is 0 Å². The van der Waals surface area contributed by atoms with E-state index in [2.05, 4.69) is 11.0 Å². The molecule has 4 nitrogen and oxygen atoms in total. The van der Waals surface area contributed by atoms with Gasteiger partial charge in [0.05, 0.1) is 14.2 Å². The zero-order chi connectivity index (χ0) is 14.4. The van der Waals surface area contributed by atoms with Crippen LogP contribution in [-0.2, 0) is 4.43 Å². The fraction of sp³-hybridized carbons (Fsp3) is 0.600. The van der Waals surface area contributed by atoms with Gasteiger partial charge in [-0.15, -0.1) is 0 Å². The van der Waals surface area contributed by atoms with Gasteiger partial charge in [0.25, 0.3) is 0 Å². The molecule has 0 radical (unpaired) electrons. The Morgan fingerprint density at radius 2 is 2.10 bits per heavy atom. The normalized spacial score (nSPS) is 20.0. The van der Waals surface area contributed by atoms with Gasteiger partial charge in [0.15, 0.2) is 11.5 Å². The van der Waals surface area contributed by atoms with Gasteiger partial charge in [-0.3, -0.25) is 4.90 Å². The van der Waals surface area contributed by atoms with Crippen LogP contribution in [0.5, 0.6) is 11.5 Å². The second-order valence-electron chi connectivity index (χ2n) is 5.12. The molecule has 0 aliphatic carbocycles. The Hall–Kier alpha value is -1.04. The Labute approximate surface area is 124 Å². The summed E-state index contributed by atoms with van der Waals surface area (Å²) in [6, 6.07) is 6.57. The van der Waals surface area contributed by atoms with Gasteiger partial charge in [-0.05, 0) is 25.5 Å². The minimum absolute atomic E-state index is 0.408. The third kappa shape index (κ3) is 3.34. The van der Waals surface area contributed by atoms with E-state index >= 15 is 0 Å². The van der Waals surface area contributed by atoms with Crippen molar-refractivity contribution in [2.75, 3.05) is 33.9 Å². The van der Waals surface area contributed by atoms with Gasteiger partial charge in [0.1, 0.15) is 10.5 Å². The molecule has 112 valence electrons. The Morgan fingerprint density at radius 1 is 1.25 bits per heavy atom. The van der Waals surface area contributed by atoms with E-state index in [1.165, 1.54) is 24.8 Å². The van der Waals surface area contributed by atoms with E-state index in [0.29, 0.717) is 6.04 Å². The Balaban J connectivity index is 2.27. The fourth-order valence-electron chi connectivity index (χ4n) is 2.99. The Bertz CT molecular complexity index is 428. The number of ether oxygens (including phenoxy) is 2. The van der Waals surface area contributed by atoms with Crippen molar-refractivity contribution in [1.82, 2.24) is 4.90 Å². The van der Waals surface area contributed by atoms with Gasteiger partial charge in [-0.1, -0.05) is 18.6 Å². The average Bonchev–Trinajstić information content (AvgIpc) is 2.52. The fourth-order valence-corrected chi connectivity index (χ4v) is 3.18. The van der Waals surface area contributed by atoms with Gasteiger partial charge in [-0.2, -0.15) is 0 Å². The molecule has 1 unspecified atom stereocenters. The topological polar surface area (TPSA) is 30.9 Å². The predicted octanol–water partition coefficient (Wildman–Crippen LogP) is 1.53. The van der Waals surface area contributed by atoms with Crippen LogP contribution < -0.4 is 9.47 Å². The second kappa shape index (κ2) is 7.66. The molecule has 1 aromatic carbocycles. The quantitative estimate of drug-likeness (QED) is 0.745. The van der Waals surface area contributed by atoms with Crippen LogP contribution in [0.2, 0.25) is 0 Å². The highest BCUT2D eigenvalue weighted by Gasteiger charge is 2.27. The summed E-state index contributed by atoms with van der Waals surface area (Å²) in [6.45, 7) is 2.96. The summed E-state index contributed by atoms with van der Waals surface area (Å²) in [6.07, 6.45) is 3.71. The first-order chi connectivity index (χ1) is 9.81. The van der Waals surface area contributed by atoms with Crippen LogP contribution in [0.25, 0.3) is 0 Å². The van der Waals surface area contributed by atoms with Crippen LogP contribution in [0.4, 0.5) is 0 Å². The van der Waals surface area contributed by atoms with E-state index in [4.69, 9.17) is 13.9 Å². The number of piperidine rings is 1. The van der Waals surface area contributed by atoms with Crippen molar-refractivity contribution in [2.24, 2.45) is 0 Å². The maximum absolute atomic E-state index is 5.60. The molecule has 1 heterocycles. The van der Waals surface area contributed by atoms with Crippen molar-refractivity contribution in [3.05, 3.63) is 23.8 Å². The summed E-state index contributed by atoms with van der Waals surface area (Å²) in [4.78, 5) is 2.51. The number of benzene rings is 1. The third-order valence-corrected chi connectivity index (χ3v) is 4.40. The minimum Gasteiger partial charge on any atom is -0.493 e. The van der Waals surface area contributed by atoms with Crippen LogP contribution in [0.3, 0.4) is 0 Å². The maximum Gasteiger partial charge on any atom is 0.165 e. The lowest BCUT2D eigenvalue weighted by molar-refractivity contribution is 0.124. The van der Waals surface area contributed by atoms with E-state index < -0.39 is 0 Å². The highest BCUT2D eigenvalue weighted by molar-refractivity contribution is 5.97. The van der Waals surface area contributed by atoms with Crippen LogP contribution in [0.1, 0.15) is 30.9 Å². The lowest BCUT2D eigenvalue weighted by atomic mass is 9.94. The molecule has 1 aliphatic rings. The molecule has 1 fully saturated rings. The van der Waals surface area contributed by atoms with Gasteiger partial charge >= 0.3 is 0 Å². The zero-order valence-corrected chi connectivity index (χ0v) is 14.7. The van der Waals surface area contributed by atoms with Crippen LogP contribution in [-0.4, -0.2) is 49.3 Å². The van der Waals surface area contributed by atoms with E-state index in [1.807, 2.05) is 12.1 Å². The molecule has 20 heavy (non-hydrogen) atoms. The van der Waals surface area contributed by atoms with Gasteiger partial charge in [0, 0.05) is 24.8 Å². The van der Waals surface area contributed by atoms with Crippen molar-refractivity contribution >= 4 is 10.5 Å². The molecular weight excluding hydrogens is 270 g/mol. The summed E-state index contributed by atoms with van der Waals surface area (Å²) in [5.74, 6) is 1.69. The minimum atomic E-state index is 0.408. The van der Waals surface area contributed by atoms with Crippen molar-refractivity contribution in [3.63, 3.8) is 0 Å². The number of hydrogen-bond acceptors (Lipinski definition) is 4. The summed E-state index contributed by atoms with van der Waals surface area (Å²) in [5.41, 5.74) is 1.24. The molecular formula is C15H25NO3Si. The predicted molar refractivity (Wildman–Crippen MR) is 83.6 cm³/mol. The summed E-state index contributed by atoms with van der Waals surface area (Å²) in [5, 5.41) is 0. The van der Waals surface area contributed by atoms with Crippen molar-refractivity contribution in [3.8, 4) is 11.5 Å². The Kier molecular flexibility index (Phi) is 5.88. The number of nitrogens with zero attached hydrogens (tertiary/aromatic N) is 1. The van der Waals surface area contributed by atoms with Crippen molar-refractivity contribution in [2.45, 2.75) is 25.3 Å². The number of likely N-dealkylation sites (tertiary alicyclic amines) is 1. The van der Waals surface area contributed by atoms with E-state index in [-0.39, 0.29) is 0 Å². The Morgan fingerprint density at radius 3 is 2.80 bits per heavy atom. The molecule has 1 atom stereocenters. The molecule has 0 amide bonds. The van der Waals surface area contributed by atoms with Crippen LogP contribution in [0.15, 0.2) is 18.2 Å². The number of para-hydroxylation sites is 1. The zero-order valence-electron chi connectivity index (χ0n) is 12.7. The highest BCUT2D eigenvalue weighted by atomic mass is 28.2. The molecule has 1 saturated heterocycles. The lowest BCUT2D eigenvalue weighted by Crippen LogP contribution is -2.36. The first kappa shape index (κ1) is 15.3. The molecule has 5 heteroatoms. The van der Waals surface area contributed by atoms with E-state index in [9.17, 15) is 0 Å². The smallest absolute Gasteiger partial charge is 0.165 e. The molecule has 0 bridgehead atoms. The highest BCUT2D eigenvalue weighted by Crippen LogP contribution is 2.40. The second-order valence-corrected chi connectivity index (χ2v) is 5.70. The van der Waals surface area contributed by atoms with Gasteiger partial charge < -0.3 is 13.9 Å². The molecule has 0 spiro atoms. The van der Waals surface area contributed by atoms with Crippen LogP contribution >= 0.6 is 0 Å². The summed E-state index contributed by atoms with van der Waals surface area (Å²) >= 11 is 0. The lowest BCUT2D eigenvalue weighted by Gasteiger charge is -2.36.